The Bertz CT molecular complexity index is 497. The molecule has 0 spiro atoms. The molecule has 2 rings (SSSR count). The maximum Gasteiger partial charge on any atom is 0.322 e. The smallest absolute Gasteiger partial charge is 0.322 e. The lowest BCUT2D eigenvalue weighted by Crippen LogP contribution is -2.41. The fourth-order valence-electron chi connectivity index (χ4n) is 2.15. The molecule has 0 amide bonds. The van der Waals surface area contributed by atoms with Crippen molar-refractivity contribution in [2.75, 3.05) is 13.7 Å². The molecule has 1 N–H and O–H groups in total. The van der Waals surface area contributed by atoms with Crippen molar-refractivity contribution in [3.8, 4) is 0 Å². The highest BCUT2D eigenvalue weighted by molar-refractivity contribution is 6.16. The number of hydrogen-bond donors (Lipinski definition) is 1. The molecule has 0 bridgehead atoms. The van der Waals surface area contributed by atoms with Gasteiger partial charge in [-0.25, -0.2) is 4.39 Å². The predicted molar refractivity (Wildman–Crippen MR) is 56.0 cm³/mol. The van der Waals surface area contributed by atoms with Crippen molar-refractivity contribution in [3.05, 3.63) is 35.1 Å². The highest BCUT2D eigenvalue weighted by atomic mass is 19.1. The third kappa shape index (κ3) is 1.54. The number of halogens is 1. The van der Waals surface area contributed by atoms with Gasteiger partial charge in [-0.05, 0) is 30.2 Å². The number of hydrogen-bond acceptors (Lipinski definition) is 4. The van der Waals surface area contributed by atoms with Crippen LogP contribution in [0.15, 0.2) is 18.2 Å². The SMILES string of the molecule is COC(=O)C1(CO)Cc2cc(F)ccc2C1=O. The zero-order valence-electron chi connectivity index (χ0n) is 9.20. The van der Waals surface area contributed by atoms with E-state index in [2.05, 4.69) is 4.74 Å². The van der Waals surface area contributed by atoms with Crippen LogP contribution in [-0.4, -0.2) is 30.6 Å². The number of carbonyl (C=O) groups excluding carboxylic acids is 2. The molecule has 0 aliphatic heterocycles. The number of fused-ring (bicyclic) bond motifs is 1. The number of ether oxygens (including phenoxy) is 1. The number of ketones is 1. The molecule has 1 unspecified atom stereocenters. The summed E-state index contributed by atoms with van der Waals surface area (Å²) in [5.41, 5.74) is -0.912. The van der Waals surface area contributed by atoms with Crippen LogP contribution in [0.1, 0.15) is 15.9 Å². The van der Waals surface area contributed by atoms with Crippen LogP contribution >= 0.6 is 0 Å². The zero-order valence-corrected chi connectivity index (χ0v) is 9.20. The molecule has 5 heteroatoms. The third-order valence-electron chi connectivity index (χ3n) is 3.08. The van der Waals surface area contributed by atoms with E-state index < -0.39 is 29.6 Å². The summed E-state index contributed by atoms with van der Waals surface area (Å²) in [5, 5.41) is 9.31. The van der Waals surface area contributed by atoms with Crippen molar-refractivity contribution < 1.29 is 23.8 Å². The highest BCUT2D eigenvalue weighted by Gasteiger charge is 2.52. The van der Waals surface area contributed by atoms with E-state index in [1.807, 2.05) is 0 Å². The number of rotatable bonds is 2. The molecule has 1 aliphatic carbocycles. The van der Waals surface area contributed by atoms with Crippen LogP contribution in [0.4, 0.5) is 4.39 Å². The minimum absolute atomic E-state index is 0.0257. The van der Waals surface area contributed by atoms with Gasteiger partial charge in [0.2, 0.25) is 0 Å². The Kier molecular flexibility index (Phi) is 2.71. The van der Waals surface area contributed by atoms with Gasteiger partial charge in [0.15, 0.2) is 11.2 Å². The highest BCUT2D eigenvalue weighted by Crippen LogP contribution is 2.37. The fourth-order valence-corrected chi connectivity index (χ4v) is 2.15. The first-order valence-electron chi connectivity index (χ1n) is 5.07. The van der Waals surface area contributed by atoms with Gasteiger partial charge in [0.05, 0.1) is 13.7 Å². The number of aliphatic hydroxyl groups is 1. The molecule has 0 saturated carbocycles. The zero-order chi connectivity index (χ0) is 12.6. The molecular formula is C12H11FO4. The summed E-state index contributed by atoms with van der Waals surface area (Å²) in [6.07, 6.45) is -0.0257. The van der Waals surface area contributed by atoms with E-state index in [-0.39, 0.29) is 12.0 Å². The molecule has 0 fully saturated rings. The lowest BCUT2D eigenvalue weighted by atomic mass is 9.85. The first kappa shape index (κ1) is 11.7. The summed E-state index contributed by atoms with van der Waals surface area (Å²) < 4.78 is 17.6. The Morgan fingerprint density at radius 3 is 2.88 bits per heavy atom. The van der Waals surface area contributed by atoms with E-state index >= 15 is 0 Å². The standard InChI is InChI=1S/C12H11FO4/c1-17-11(16)12(6-14)5-7-4-8(13)2-3-9(7)10(12)15/h2-4,14H,5-6H2,1H3. The quantitative estimate of drug-likeness (QED) is 0.609. The molecule has 90 valence electrons. The van der Waals surface area contributed by atoms with Gasteiger partial charge in [0.25, 0.3) is 0 Å². The van der Waals surface area contributed by atoms with Crippen LogP contribution in [0.5, 0.6) is 0 Å². The first-order valence-corrected chi connectivity index (χ1v) is 5.07. The Morgan fingerprint density at radius 1 is 1.59 bits per heavy atom. The average molecular weight is 238 g/mol. The van der Waals surface area contributed by atoms with Crippen molar-refractivity contribution >= 4 is 11.8 Å². The summed E-state index contributed by atoms with van der Waals surface area (Å²) in [6.45, 7) is -0.644. The van der Waals surface area contributed by atoms with Gasteiger partial charge < -0.3 is 9.84 Å². The minimum Gasteiger partial charge on any atom is -0.468 e. The first-order chi connectivity index (χ1) is 8.05. The van der Waals surface area contributed by atoms with Crippen LogP contribution in [0, 0.1) is 11.2 Å². The van der Waals surface area contributed by atoms with Crippen LogP contribution in [0.25, 0.3) is 0 Å². The van der Waals surface area contributed by atoms with Gasteiger partial charge >= 0.3 is 5.97 Å². The topological polar surface area (TPSA) is 63.6 Å². The number of benzene rings is 1. The van der Waals surface area contributed by atoms with E-state index in [0.717, 1.165) is 13.2 Å². The molecule has 1 aromatic rings. The molecule has 1 atom stereocenters. The summed E-state index contributed by atoms with van der Waals surface area (Å²) in [7, 11) is 1.15. The van der Waals surface area contributed by atoms with Crippen molar-refractivity contribution in [2.45, 2.75) is 6.42 Å². The average Bonchev–Trinajstić information content (AvgIpc) is 2.61. The molecule has 0 heterocycles. The van der Waals surface area contributed by atoms with Crippen molar-refractivity contribution in [3.63, 3.8) is 0 Å². The Hall–Kier alpha value is -1.75. The van der Waals surface area contributed by atoms with Gasteiger partial charge in [-0.2, -0.15) is 0 Å². The number of Topliss-reactive ketones (excluding diaryl/α,β-unsaturated/α-hetero) is 1. The monoisotopic (exact) mass is 238 g/mol. The summed E-state index contributed by atoms with van der Waals surface area (Å²) in [5.74, 6) is -1.78. The normalized spacial score (nSPS) is 22.4. The van der Waals surface area contributed by atoms with Crippen molar-refractivity contribution in [1.29, 1.82) is 0 Å². The summed E-state index contributed by atoms with van der Waals surface area (Å²) >= 11 is 0. The van der Waals surface area contributed by atoms with E-state index in [9.17, 15) is 19.1 Å². The third-order valence-corrected chi connectivity index (χ3v) is 3.08. The summed E-state index contributed by atoms with van der Waals surface area (Å²) in [6, 6.07) is 3.68. The summed E-state index contributed by atoms with van der Waals surface area (Å²) in [4.78, 5) is 23.7. The lowest BCUT2D eigenvalue weighted by Gasteiger charge is -2.20. The van der Waals surface area contributed by atoms with Gasteiger partial charge in [-0.3, -0.25) is 9.59 Å². The molecular weight excluding hydrogens is 227 g/mol. The minimum atomic E-state index is -1.61. The second-order valence-electron chi connectivity index (χ2n) is 4.04. The molecule has 17 heavy (non-hydrogen) atoms. The second kappa shape index (κ2) is 3.92. The van der Waals surface area contributed by atoms with Crippen LogP contribution in [0.3, 0.4) is 0 Å². The molecule has 4 nitrogen and oxygen atoms in total. The largest absolute Gasteiger partial charge is 0.468 e. The Labute approximate surface area is 97.0 Å². The van der Waals surface area contributed by atoms with Gasteiger partial charge in [0.1, 0.15) is 5.82 Å². The van der Waals surface area contributed by atoms with Gasteiger partial charge in [0, 0.05) is 5.56 Å². The molecule has 0 aromatic heterocycles. The van der Waals surface area contributed by atoms with E-state index in [4.69, 9.17) is 0 Å². The number of aliphatic hydroxyl groups excluding tert-OH is 1. The maximum absolute atomic E-state index is 13.0. The lowest BCUT2D eigenvalue weighted by molar-refractivity contribution is -0.151. The van der Waals surface area contributed by atoms with E-state index in [1.54, 1.807) is 0 Å². The molecule has 0 saturated heterocycles. The van der Waals surface area contributed by atoms with E-state index in [1.165, 1.54) is 12.1 Å². The maximum atomic E-state index is 13.0. The van der Waals surface area contributed by atoms with Gasteiger partial charge in [-0.15, -0.1) is 0 Å². The fraction of sp³-hybridized carbons (Fsp3) is 0.333. The number of esters is 1. The Morgan fingerprint density at radius 2 is 2.29 bits per heavy atom. The van der Waals surface area contributed by atoms with Gasteiger partial charge in [-0.1, -0.05) is 0 Å². The van der Waals surface area contributed by atoms with Crippen LogP contribution < -0.4 is 0 Å². The predicted octanol–water partition coefficient (Wildman–Crippen LogP) is 0.716. The number of methoxy groups -OCH3 is 1. The van der Waals surface area contributed by atoms with Crippen LogP contribution in [0.2, 0.25) is 0 Å². The molecule has 0 radical (unpaired) electrons. The number of carbonyl (C=O) groups is 2. The van der Waals surface area contributed by atoms with Crippen LogP contribution in [-0.2, 0) is 16.0 Å². The molecule has 1 aromatic carbocycles. The molecule has 1 aliphatic rings. The second-order valence-corrected chi connectivity index (χ2v) is 4.04. The Balaban J connectivity index is 2.51. The van der Waals surface area contributed by atoms with Crippen molar-refractivity contribution in [2.24, 2.45) is 5.41 Å². The van der Waals surface area contributed by atoms with Crippen molar-refractivity contribution in [1.82, 2.24) is 0 Å². The van der Waals surface area contributed by atoms with E-state index in [0.29, 0.717) is 5.56 Å².